The fourth-order valence-corrected chi connectivity index (χ4v) is 4.67. The Morgan fingerprint density at radius 1 is 1.25 bits per heavy atom. The quantitative estimate of drug-likeness (QED) is 0.692. The Hall–Kier alpha value is 0.680. The van der Waals surface area contributed by atoms with Gasteiger partial charge in [0.15, 0.2) is 6.10 Å². The number of rotatable bonds is 0. The van der Waals surface area contributed by atoms with Crippen LogP contribution in [0.25, 0.3) is 0 Å². The third-order valence-electron chi connectivity index (χ3n) is 2.34. The maximum atomic E-state index is 13.3. The van der Waals surface area contributed by atoms with E-state index < -0.39 is 39.6 Å². The minimum atomic E-state index is -4.35. The molecule has 2 heterocycles. The van der Waals surface area contributed by atoms with E-state index in [-0.39, 0.29) is 0 Å². The lowest BCUT2D eigenvalue weighted by Gasteiger charge is -2.40. The molecule has 2 aliphatic heterocycles. The molecule has 0 bridgehead atoms. The Morgan fingerprint density at radius 2 is 1.88 bits per heavy atom. The van der Waals surface area contributed by atoms with E-state index in [2.05, 4.69) is 4.52 Å². The van der Waals surface area contributed by atoms with E-state index in [1.807, 2.05) is 0 Å². The topological polar surface area (TPSA) is 74.2 Å². The van der Waals surface area contributed by atoms with Crippen molar-refractivity contribution in [2.75, 3.05) is 0 Å². The maximum Gasteiger partial charge on any atom is 0.621 e. The average molecular weight is 296 g/mol. The van der Waals surface area contributed by atoms with E-state index in [4.69, 9.17) is 29.7 Å². The zero-order valence-corrected chi connectivity index (χ0v) is 11.0. The number of hydrogen-bond donors (Lipinski definition) is 1. The lowest BCUT2D eigenvalue weighted by atomic mass is 10.1. The van der Waals surface area contributed by atoms with Crippen LogP contribution in [0.2, 0.25) is 0 Å². The lowest BCUT2D eigenvalue weighted by molar-refractivity contribution is -0.141. The van der Waals surface area contributed by atoms with Crippen molar-refractivity contribution in [3.8, 4) is 0 Å². The van der Waals surface area contributed by atoms with Gasteiger partial charge in [-0.15, -0.1) is 9.05 Å². The summed E-state index contributed by atoms with van der Waals surface area (Å²) in [5.41, 5.74) is 0. The molecule has 1 N–H and O–H groups in total. The molecule has 94 valence electrons. The smallest absolute Gasteiger partial charge is 0.291 e. The monoisotopic (exact) mass is 295 g/mol. The molecule has 2 aliphatic rings. The lowest BCUT2D eigenvalue weighted by Crippen LogP contribution is -2.52. The van der Waals surface area contributed by atoms with Crippen molar-refractivity contribution in [1.29, 1.82) is 0 Å². The summed E-state index contributed by atoms with van der Waals surface area (Å²) in [6.07, 6.45) is -3.30. The molecule has 0 aromatic heterocycles. The first-order valence-electron chi connectivity index (χ1n) is 4.55. The molecule has 0 amide bonds. The van der Waals surface area contributed by atoms with Gasteiger partial charge in [-0.2, -0.15) is 4.89 Å². The fourth-order valence-electron chi connectivity index (χ4n) is 1.69. The molecule has 2 fully saturated rings. The Bertz CT molecular complexity index is 341. The van der Waals surface area contributed by atoms with Crippen LogP contribution < -0.4 is 0 Å². The van der Waals surface area contributed by atoms with Crippen LogP contribution in [0.5, 0.6) is 0 Å². The Morgan fingerprint density at radius 3 is 2.50 bits per heavy atom. The molecule has 0 aliphatic carbocycles. The molecule has 6 nitrogen and oxygen atoms in total. The molecule has 2 saturated heterocycles. The zero-order valence-electron chi connectivity index (χ0n) is 8.45. The summed E-state index contributed by atoms with van der Waals surface area (Å²) < 4.78 is 43.8. The van der Waals surface area contributed by atoms with Gasteiger partial charge in [0.2, 0.25) is 0 Å². The largest absolute Gasteiger partial charge is 0.621 e. The van der Waals surface area contributed by atoms with Crippen molar-refractivity contribution in [2.24, 2.45) is 0 Å². The summed E-state index contributed by atoms with van der Waals surface area (Å²) in [7, 11) is -4.35. The van der Waals surface area contributed by atoms with Crippen LogP contribution in [0, 0.1) is 0 Å². The molecule has 0 aromatic rings. The molecule has 5 unspecified atom stereocenters. The van der Waals surface area contributed by atoms with Crippen LogP contribution in [0.1, 0.15) is 13.8 Å². The molecule has 16 heavy (non-hydrogen) atoms. The molecule has 2 rings (SSSR count). The van der Waals surface area contributed by atoms with Crippen molar-refractivity contribution in [3.63, 3.8) is 0 Å². The first-order chi connectivity index (χ1) is 7.20. The summed E-state index contributed by atoms with van der Waals surface area (Å²) >= 11 is 5.48. The maximum absolute atomic E-state index is 13.3. The van der Waals surface area contributed by atoms with Crippen LogP contribution in [-0.2, 0) is 22.7 Å². The van der Waals surface area contributed by atoms with Gasteiger partial charge in [-0.3, -0.25) is 9.05 Å². The van der Waals surface area contributed by atoms with E-state index in [1.165, 1.54) is 13.8 Å². The highest BCUT2D eigenvalue weighted by Gasteiger charge is 2.62. The second-order valence-corrected chi connectivity index (χ2v) is 7.49. The summed E-state index contributed by atoms with van der Waals surface area (Å²) in [5, 5.41) is 0. The predicted octanol–water partition coefficient (Wildman–Crippen LogP) is 2.58. The molecular formula is C6H11ClFO6P2+. The van der Waals surface area contributed by atoms with Gasteiger partial charge >= 0.3 is 15.2 Å². The third kappa shape index (κ3) is 2.57. The van der Waals surface area contributed by atoms with E-state index in [0.717, 1.165) is 0 Å². The molecule has 0 aromatic carbocycles. The van der Waals surface area contributed by atoms with Gasteiger partial charge in [0.25, 0.3) is 0 Å². The van der Waals surface area contributed by atoms with Gasteiger partial charge in [-0.1, -0.05) is 0 Å². The SMILES string of the molecule is CC1O[P+](O)(F)OC2C(C)O[P@@](=O)(Cl)OC12. The molecule has 0 radical (unpaired) electrons. The summed E-state index contributed by atoms with van der Waals surface area (Å²) in [6, 6.07) is 0. The second kappa shape index (κ2) is 4.11. The van der Waals surface area contributed by atoms with Crippen LogP contribution in [-0.4, -0.2) is 29.3 Å². The summed E-state index contributed by atoms with van der Waals surface area (Å²) in [4.78, 5) is 9.12. The number of hydrogen-bond acceptors (Lipinski definition) is 6. The van der Waals surface area contributed by atoms with Gasteiger partial charge in [0.1, 0.15) is 12.2 Å². The van der Waals surface area contributed by atoms with Crippen molar-refractivity contribution >= 4 is 26.4 Å². The normalized spacial score (nSPS) is 58.1. The summed E-state index contributed by atoms with van der Waals surface area (Å²) in [5.74, 6) is 0. The first kappa shape index (κ1) is 13.1. The highest BCUT2D eigenvalue weighted by molar-refractivity contribution is 7.81. The third-order valence-corrected chi connectivity index (χ3v) is 4.99. The number of fused-ring (bicyclic) bond motifs is 1. The van der Waals surface area contributed by atoms with Crippen molar-refractivity contribution in [1.82, 2.24) is 0 Å². The minimum Gasteiger partial charge on any atom is -0.291 e. The molecular weight excluding hydrogens is 284 g/mol. The molecule has 0 spiro atoms. The minimum absolute atomic E-state index is 0.754. The van der Waals surface area contributed by atoms with E-state index >= 15 is 0 Å². The molecule has 6 atom stereocenters. The van der Waals surface area contributed by atoms with Gasteiger partial charge in [-0.25, -0.2) is 4.57 Å². The van der Waals surface area contributed by atoms with Gasteiger partial charge in [0.05, 0.1) is 6.10 Å². The van der Waals surface area contributed by atoms with Crippen LogP contribution in [0.3, 0.4) is 0 Å². The summed E-state index contributed by atoms with van der Waals surface area (Å²) in [6.45, 7) is -0.712. The standard InChI is InChI=1S/C6H11ClFO6P2/c1-3-6-5(13-15(7,9)11-3)4(2)12-16(8,10)14-6/h3-6,10H,1-2H3/q+1/t3?,4?,5?,6?,15-,16?/m0/s1. The highest BCUT2D eigenvalue weighted by Crippen LogP contribution is 2.68. The Labute approximate surface area is 97.0 Å². The van der Waals surface area contributed by atoms with Crippen molar-refractivity contribution in [3.05, 3.63) is 0 Å². The Balaban J connectivity index is 2.22. The Kier molecular flexibility index (Phi) is 3.37. The predicted molar refractivity (Wildman–Crippen MR) is 54.5 cm³/mol. The van der Waals surface area contributed by atoms with E-state index in [0.29, 0.717) is 0 Å². The zero-order chi connectivity index (χ0) is 12.1. The molecule has 10 heteroatoms. The number of halogens is 2. The highest BCUT2D eigenvalue weighted by atomic mass is 35.7. The first-order valence-corrected chi connectivity index (χ1v) is 8.46. The van der Waals surface area contributed by atoms with E-state index in [9.17, 15) is 8.76 Å². The van der Waals surface area contributed by atoms with Gasteiger partial charge in [-0.05, 0) is 13.8 Å². The average Bonchev–Trinajstić information content (AvgIpc) is 2.05. The van der Waals surface area contributed by atoms with E-state index in [1.54, 1.807) is 0 Å². The fraction of sp³-hybridized carbons (Fsp3) is 1.00. The molecule has 0 saturated carbocycles. The van der Waals surface area contributed by atoms with Crippen molar-refractivity contribution < 1.29 is 31.8 Å². The van der Waals surface area contributed by atoms with Crippen LogP contribution >= 0.6 is 26.4 Å². The van der Waals surface area contributed by atoms with Gasteiger partial charge in [0, 0.05) is 15.4 Å². The second-order valence-electron chi connectivity index (χ2n) is 3.64. The van der Waals surface area contributed by atoms with Gasteiger partial charge < -0.3 is 0 Å². The van der Waals surface area contributed by atoms with Crippen molar-refractivity contribution in [2.45, 2.75) is 38.3 Å². The van der Waals surface area contributed by atoms with Crippen LogP contribution in [0.4, 0.5) is 4.20 Å². The van der Waals surface area contributed by atoms with Crippen LogP contribution in [0.15, 0.2) is 0 Å².